The van der Waals surface area contributed by atoms with Crippen molar-refractivity contribution in [2.75, 3.05) is 49.1 Å². The number of halogens is 1. The molecule has 2 saturated heterocycles. The molecule has 0 bridgehead atoms. The minimum absolute atomic E-state index is 0.163. The molecule has 2 aromatic carbocycles. The third kappa shape index (κ3) is 4.99. The molecule has 0 spiro atoms. The van der Waals surface area contributed by atoms with Gasteiger partial charge in [0.2, 0.25) is 0 Å². The number of fused-ring (bicyclic) bond motifs is 2. The molecule has 0 aliphatic carbocycles. The highest BCUT2D eigenvalue weighted by Gasteiger charge is 2.26. The Kier molecular flexibility index (Phi) is 6.94. The van der Waals surface area contributed by atoms with Crippen LogP contribution >= 0.6 is 28.9 Å². The Morgan fingerprint density at radius 3 is 2.20 bits per heavy atom. The second-order valence-electron chi connectivity index (χ2n) is 9.68. The van der Waals surface area contributed by atoms with E-state index in [-0.39, 0.29) is 19.9 Å². The number of hydrogen-bond donors (Lipinski definition) is 1. The molecule has 2 fully saturated rings. The summed E-state index contributed by atoms with van der Waals surface area (Å²) in [5, 5.41) is 6.39. The number of hydrogen-bond acceptors (Lipinski definition) is 6. The van der Waals surface area contributed by atoms with Crippen LogP contribution in [0, 0.1) is 18.4 Å². The maximum atomic E-state index is 11.7. The first-order valence-corrected chi connectivity index (χ1v) is 17.1. The lowest BCUT2D eigenvalue weighted by molar-refractivity contribution is -0.00523. The molecule has 8 nitrogen and oxygen atoms in total. The molecule has 3 aliphatic rings. The van der Waals surface area contributed by atoms with Crippen LogP contribution in [0.4, 0.5) is 17.1 Å². The molecule has 190 valence electrons. The first kappa shape index (κ1) is 25.4. The molecule has 0 radical (unpaired) electrons. The lowest BCUT2D eigenvalue weighted by atomic mass is 10.1. The van der Waals surface area contributed by atoms with Gasteiger partial charge in [-0.15, -0.1) is 0 Å². The highest BCUT2D eigenvalue weighted by atomic mass is 127. The summed E-state index contributed by atoms with van der Waals surface area (Å²) in [6, 6.07) is 9.01. The zero-order chi connectivity index (χ0) is 25.1. The van der Waals surface area contributed by atoms with Gasteiger partial charge in [-0.1, -0.05) is 7.66 Å². The summed E-state index contributed by atoms with van der Waals surface area (Å²) in [6.45, 7) is 12.4. The van der Waals surface area contributed by atoms with E-state index in [0.29, 0.717) is 26.2 Å². The summed E-state index contributed by atoms with van der Waals surface area (Å²) in [6.07, 6.45) is 0.413. The Bertz CT molecular complexity index is 1400. The van der Waals surface area contributed by atoms with E-state index in [9.17, 15) is 8.42 Å². The van der Waals surface area contributed by atoms with Crippen molar-refractivity contribution in [1.29, 1.82) is 0 Å². The Balaban J connectivity index is 1.53. The van der Waals surface area contributed by atoms with Gasteiger partial charge in [0, 0.05) is 60.0 Å². The highest BCUT2D eigenvalue weighted by molar-refractivity contribution is 14.2. The molecule has 0 amide bonds. The monoisotopic (exact) mass is 629 g/mol. The third-order valence-electron chi connectivity index (χ3n) is 6.86. The van der Waals surface area contributed by atoms with Crippen molar-refractivity contribution in [3.05, 3.63) is 45.3 Å². The van der Waals surface area contributed by atoms with Crippen LogP contribution in [0.25, 0.3) is 0 Å². The van der Waals surface area contributed by atoms with Crippen molar-refractivity contribution in [2.24, 2.45) is 10.1 Å². The van der Waals surface area contributed by atoms with Crippen molar-refractivity contribution in [2.45, 2.75) is 44.8 Å². The van der Waals surface area contributed by atoms with Crippen LogP contribution in [0.5, 0.6) is 0 Å². The lowest BCUT2D eigenvalue weighted by Crippen LogP contribution is -2.50. The van der Waals surface area contributed by atoms with Gasteiger partial charge in [0.15, 0.2) is 0 Å². The third-order valence-corrected chi connectivity index (χ3v) is 12.2. The molecule has 0 saturated carbocycles. The summed E-state index contributed by atoms with van der Waals surface area (Å²) in [7, 11) is -3.80. The second-order valence-corrected chi connectivity index (χ2v) is 15.3. The van der Waals surface area contributed by atoms with Crippen molar-refractivity contribution >= 4 is 56.1 Å². The average molecular weight is 630 g/mol. The molecule has 2 aromatic rings. The standard InChI is InChI=1S/C24H32IN5O3S2/c1-15-9-19(28-5-7-30(8-6-28)35(26,31)32)11-21-23(15)27-24-16(2)10-20(12-22(24)34(21)25)29-13-17(3)33-18(4)14-29/h9-12,17-18H,5-8,13-14H2,1-4H3,(H2,26,31,32)/t17-,18-,34?/m1/s1. The van der Waals surface area contributed by atoms with Gasteiger partial charge >= 0.3 is 0 Å². The molecular weight excluding hydrogens is 597 g/mol. The van der Waals surface area contributed by atoms with Gasteiger partial charge < -0.3 is 14.5 Å². The zero-order valence-electron chi connectivity index (χ0n) is 20.5. The number of nitrogens with two attached hydrogens (primary N) is 1. The van der Waals surface area contributed by atoms with Gasteiger partial charge in [-0.3, -0.25) is 0 Å². The van der Waals surface area contributed by atoms with Crippen LogP contribution in [0.3, 0.4) is 0 Å². The Hall–Kier alpha value is -1.25. The summed E-state index contributed by atoms with van der Waals surface area (Å²) in [5.74, 6) is 0. The fraction of sp³-hybridized carbons (Fsp3) is 0.500. The van der Waals surface area contributed by atoms with Crippen LogP contribution in [-0.4, -0.2) is 64.2 Å². The van der Waals surface area contributed by atoms with Crippen molar-refractivity contribution < 1.29 is 13.2 Å². The van der Waals surface area contributed by atoms with E-state index in [1.165, 1.54) is 25.0 Å². The smallest absolute Gasteiger partial charge is 0.277 e. The number of rotatable bonds is 3. The highest BCUT2D eigenvalue weighted by Crippen LogP contribution is 2.48. The van der Waals surface area contributed by atoms with Crippen molar-refractivity contribution in [3.8, 4) is 0 Å². The predicted molar refractivity (Wildman–Crippen MR) is 151 cm³/mol. The van der Waals surface area contributed by atoms with Gasteiger partial charge in [-0.2, -0.15) is 12.7 Å². The van der Waals surface area contributed by atoms with E-state index < -0.39 is 10.2 Å². The first-order chi connectivity index (χ1) is 16.5. The molecule has 3 heterocycles. The van der Waals surface area contributed by atoms with Gasteiger partial charge in [-0.05, 0) is 84.3 Å². The molecular formula is C24H32IN5O3S2. The maximum absolute atomic E-state index is 11.7. The zero-order valence-corrected chi connectivity index (χ0v) is 24.3. The molecule has 3 atom stereocenters. The number of aryl methyl sites for hydroxylation is 2. The van der Waals surface area contributed by atoms with Crippen molar-refractivity contribution in [3.63, 3.8) is 0 Å². The summed E-state index contributed by atoms with van der Waals surface area (Å²) in [4.78, 5) is 11.1. The Morgan fingerprint density at radius 2 is 1.57 bits per heavy atom. The van der Waals surface area contributed by atoms with E-state index in [0.717, 1.165) is 35.4 Å². The van der Waals surface area contributed by atoms with Gasteiger partial charge in [0.25, 0.3) is 10.2 Å². The quantitative estimate of drug-likeness (QED) is 0.415. The van der Waals surface area contributed by atoms with Crippen LogP contribution in [0.1, 0.15) is 25.0 Å². The minimum Gasteiger partial charge on any atom is -0.372 e. The average Bonchev–Trinajstić information content (AvgIpc) is 2.79. The van der Waals surface area contributed by atoms with E-state index in [1.54, 1.807) is 0 Å². The topological polar surface area (TPSA) is 91.5 Å². The second kappa shape index (κ2) is 9.56. The van der Waals surface area contributed by atoms with Crippen LogP contribution in [0.15, 0.2) is 34.2 Å². The number of anilines is 2. The summed E-state index contributed by atoms with van der Waals surface area (Å²) >= 11 is 2.57. The number of nitrogens with zero attached hydrogens (tertiary/aromatic N) is 4. The summed E-state index contributed by atoms with van der Waals surface area (Å²) < 4.78 is 31.9. The molecule has 11 heteroatoms. The Labute approximate surface area is 221 Å². The van der Waals surface area contributed by atoms with E-state index in [1.807, 2.05) is 0 Å². The molecule has 5 rings (SSSR count). The van der Waals surface area contributed by atoms with E-state index >= 15 is 0 Å². The molecule has 35 heavy (non-hydrogen) atoms. The van der Waals surface area contributed by atoms with Gasteiger partial charge in [0.1, 0.15) is 0 Å². The molecule has 0 aromatic heterocycles. The molecule has 2 N–H and O–H groups in total. The largest absolute Gasteiger partial charge is 0.372 e. The number of ether oxygens (including phenoxy) is 1. The number of benzene rings is 2. The van der Waals surface area contributed by atoms with E-state index in [2.05, 4.69) is 83.0 Å². The predicted octanol–water partition coefficient (Wildman–Crippen LogP) is 3.44. The van der Waals surface area contributed by atoms with E-state index in [4.69, 9.17) is 14.9 Å². The Morgan fingerprint density at radius 1 is 0.971 bits per heavy atom. The summed E-state index contributed by atoms with van der Waals surface area (Å²) in [5.41, 5.74) is 5.79. The fourth-order valence-corrected chi connectivity index (χ4v) is 9.33. The van der Waals surface area contributed by atoms with Crippen molar-refractivity contribution in [1.82, 2.24) is 4.31 Å². The molecule has 3 aliphatic heterocycles. The normalized spacial score (nSPS) is 25.1. The van der Waals surface area contributed by atoms with Gasteiger partial charge in [0.05, 0.1) is 23.3 Å². The van der Waals surface area contributed by atoms with Crippen LogP contribution in [0.2, 0.25) is 0 Å². The number of morpholine rings is 1. The maximum Gasteiger partial charge on any atom is 0.277 e. The SMILES string of the molecule is Cc1cc(N2C[C@@H](C)O[C@H](C)C2)cc2c1N=c1c(C)cc(N3CCN(S(N)(=O)=O)CC3)cc1=S2I. The number of piperazine rings is 1. The van der Waals surface area contributed by atoms with Crippen LogP contribution in [-0.2, 0) is 14.9 Å². The van der Waals surface area contributed by atoms with Gasteiger partial charge in [-0.25, -0.2) is 10.1 Å². The fourth-order valence-electron chi connectivity index (χ4n) is 5.20. The lowest BCUT2D eigenvalue weighted by Gasteiger charge is -2.37. The first-order valence-electron chi connectivity index (χ1n) is 11.9. The van der Waals surface area contributed by atoms with Crippen LogP contribution < -0.4 is 20.3 Å². The molecule has 1 unspecified atom stereocenters. The minimum atomic E-state index is -3.64.